The van der Waals surface area contributed by atoms with Gasteiger partial charge in [-0.3, -0.25) is 4.79 Å². The first-order valence-electron chi connectivity index (χ1n) is 7.26. The Bertz CT molecular complexity index is 894. The zero-order valence-corrected chi connectivity index (χ0v) is 12.8. The molecule has 3 aromatic rings. The molecule has 0 radical (unpaired) electrons. The summed E-state index contributed by atoms with van der Waals surface area (Å²) < 4.78 is 50.4. The van der Waals surface area contributed by atoms with E-state index in [1.54, 1.807) is 12.1 Å². The van der Waals surface area contributed by atoms with E-state index in [4.69, 9.17) is 9.15 Å². The number of para-hydroxylation sites is 1. The normalized spacial score (nSPS) is 10.5. The van der Waals surface area contributed by atoms with Crippen LogP contribution in [0.3, 0.4) is 0 Å². The number of furan rings is 1. The van der Waals surface area contributed by atoms with Crippen molar-refractivity contribution in [3.05, 3.63) is 83.6 Å². The molecule has 0 atom stereocenters. The number of ether oxygens (including phenoxy) is 1. The van der Waals surface area contributed by atoms with Crippen molar-refractivity contribution in [3.8, 4) is 5.75 Å². The van der Waals surface area contributed by atoms with Crippen LogP contribution in [0.4, 0.5) is 18.9 Å². The van der Waals surface area contributed by atoms with Crippen molar-refractivity contribution in [1.29, 1.82) is 0 Å². The maximum Gasteiger partial charge on any atom is 0.291 e. The largest absolute Gasteiger partial charge is 0.486 e. The highest BCUT2D eigenvalue weighted by atomic mass is 19.2. The first-order chi connectivity index (χ1) is 12.0. The molecule has 128 valence electrons. The molecule has 3 rings (SSSR count). The first-order valence-corrected chi connectivity index (χ1v) is 7.26. The lowest BCUT2D eigenvalue weighted by atomic mass is 10.2. The average molecular weight is 347 g/mol. The monoisotopic (exact) mass is 347 g/mol. The summed E-state index contributed by atoms with van der Waals surface area (Å²) in [4.78, 5) is 12.0. The fraction of sp³-hybridized carbons (Fsp3) is 0.0556. The maximum atomic E-state index is 13.6. The molecular weight excluding hydrogens is 335 g/mol. The molecule has 0 saturated carbocycles. The number of carbonyl (C=O) groups is 1. The third-order valence-corrected chi connectivity index (χ3v) is 3.29. The van der Waals surface area contributed by atoms with E-state index in [0.29, 0.717) is 11.5 Å². The fourth-order valence-electron chi connectivity index (χ4n) is 2.06. The molecule has 0 aliphatic carbocycles. The minimum absolute atomic E-state index is 0.0941. The molecule has 0 aliphatic heterocycles. The van der Waals surface area contributed by atoms with Crippen LogP contribution in [0, 0.1) is 17.5 Å². The lowest BCUT2D eigenvalue weighted by Crippen LogP contribution is -2.13. The summed E-state index contributed by atoms with van der Waals surface area (Å²) in [5.41, 5.74) is -0.484. The number of carbonyl (C=O) groups excluding carboxylic acids is 1. The smallest absolute Gasteiger partial charge is 0.291 e. The second-order valence-electron chi connectivity index (χ2n) is 5.04. The lowest BCUT2D eigenvalue weighted by Gasteiger charge is -2.06. The third-order valence-electron chi connectivity index (χ3n) is 3.29. The number of benzene rings is 2. The van der Waals surface area contributed by atoms with Crippen molar-refractivity contribution < 1.29 is 27.1 Å². The van der Waals surface area contributed by atoms with Gasteiger partial charge >= 0.3 is 0 Å². The third kappa shape index (κ3) is 3.82. The summed E-state index contributed by atoms with van der Waals surface area (Å²) in [5.74, 6) is -4.38. The highest BCUT2D eigenvalue weighted by Crippen LogP contribution is 2.21. The highest BCUT2D eigenvalue weighted by molar-refractivity contribution is 6.02. The van der Waals surface area contributed by atoms with Crippen molar-refractivity contribution in [2.45, 2.75) is 6.61 Å². The summed E-state index contributed by atoms with van der Waals surface area (Å²) in [6.45, 7) is 0.0941. The molecule has 7 heteroatoms. The molecule has 1 amide bonds. The standard InChI is InChI=1S/C18H12F3NO3/c19-13-7-8-14(17(21)16(13)20)22-18(23)15-9-6-12(25-15)10-24-11-4-2-1-3-5-11/h1-9H,10H2,(H,22,23). The van der Waals surface area contributed by atoms with E-state index in [0.717, 1.165) is 12.1 Å². The summed E-state index contributed by atoms with van der Waals surface area (Å²) in [6, 6.07) is 13.5. The van der Waals surface area contributed by atoms with E-state index < -0.39 is 29.0 Å². The minimum atomic E-state index is -1.66. The Hall–Kier alpha value is -3.22. The molecule has 1 N–H and O–H groups in total. The summed E-state index contributed by atoms with van der Waals surface area (Å²) in [7, 11) is 0. The quantitative estimate of drug-likeness (QED) is 0.690. The van der Waals surface area contributed by atoms with Crippen LogP contribution in [0.2, 0.25) is 0 Å². The summed E-state index contributed by atoms with van der Waals surface area (Å²) in [5, 5.41) is 2.13. The number of halogens is 3. The molecule has 0 bridgehead atoms. The van der Waals surface area contributed by atoms with Crippen LogP contribution in [0.5, 0.6) is 5.75 Å². The molecule has 0 spiro atoms. The van der Waals surface area contributed by atoms with Crippen LogP contribution in [-0.4, -0.2) is 5.91 Å². The average Bonchev–Trinajstić information content (AvgIpc) is 3.10. The van der Waals surface area contributed by atoms with Gasteiger partial charge in [-0.25, -0.2) is 13.2 Å². The molecule has 1 aromatic heterocycles. The van der Waals surface area contributed by atoms with Crippen molar-refractivity contribution >= 4 is 11.6 Å². The van der Waals surface area contributed by atoms with E-state index in [2.05, 4.69) is 5.32 Å². The van der Waals surface area contributed by atoms with Crippen LogP contribution >= 0.6 is 0 Å². The van der Waals surface area contributed by atoms with E-state index in [-0.39, 0.29) is 12.4 Å². The Morgan fingerprint density at radius 1 is 0.960 bits per heavy atom. The molecule has 0 unspecified atom stereocenters. The minimum Gasteiger partial charge on any atom is -0.486 e. The molecule has 1 heterocycles. The van der Waals surface area contributed by atoms with Gasteiger partial charge in [0.15, 0.2) is 23.2 Å². The molecular formula is C18H12F3NO3. The molecule has 0 aliphatic rings. The van der Waals surface area contributed by atoms with Gasteiger partial charge in [0.2, 0.25) is 0 Å². The van der Waals surface area contributed by atoms with Crippen LogP contribution < -0.4 is 10.1 Å². The number of hydrogen-bond donors (Lipinski definition) is 1. The predicted octanol–water partition coefficient (Wildman–Crippen LogP) is 4.53. The van der Waals surface area contributed by atoms with Gasteiger partial charge < -0.3 is 14.5 Å². The Morgan fingerprint density at radius 3 is 2.48 bits per heavy atom. The Kier molecular flexibility index (Phi) is 4.74. The van der Waals surface area contributed by atoms with Gasteiger partial charge in [0.05, 0.1) is 5.69 Å². The number of anilines is 1. The van der Waals surface area contributed by atoms with Crippen molar-refractivity contribution in [2.24, 2.45) is 0 Å². The van der Waals surface area contributed by atoms with Gasteiger partial charge in [-0.15, -0.1) is 0 Å². The van der Waals surface area contributed by atoms with Gasteiger partial charge in [0.25, 0.3) is 5.91 Å². The van der Waals surface area contributed by atoms with Gasteiger partial charge in [0, 0.05) is 0 Å². The second-order valence-corrected chi connectivity index (χ2v) is 5.04. The summed E-state index contributed by atoms with van der Waals surface area (Å²) in [6.07, 6.45) is 0. The van der Waals surface area contributed by atoms with Crippen LogP contribution in [-0.2, 0) is 6.61 Å². The van der Waals surface area contributed by atoms with E-state index in [9.17, 15) is 18.0 Å². The predicted molar refractivity (Wildman–Crippen MR) is 83.8 cm³/mol. The molecule has 0 saturated heterocycles. The van der Waals surface area contributed by atoms with E-state index in [1.807, 2.05) is 18.2 Å². The Morgan fingerprint density at radius 2 is 1.72 bits per heavy atom. The molecule has 2 aromatic carbocycles. The first kappa shape index (κ1) is 16.6. The van der Waals surface area contributed by atoms with Gasteiger partial charge in [-0.1, -0.05) is 18.2 Å². The SMILES string of the molecule is O=C(Nc1ccc(F)c(F)c1F)c1ccc(COc2ccccc2)o1. The fourth-order valence-corrected chi connectivity index (χ4v) is 2.06. The van der Waals surface area contributed by atoms with Gasteiger partial charge in [-0.2, -0.15) is 0 Å². The highest BCUT2D eigenvalue weighted by Gasteiger charge is 2.18. The van der Waals surface area contributed by atoms with Crippen molar-refractivity contribution in [3.63, 3.8) is 0 Å². The van der Waals surface area contributed by atoms with Crippen molar-refractivity contribution in [1.82, 2.24) is 0 Å². The van der Waals surface area contributed by atoms with Gasteiger partial charge in [0.1, 0.15) is 18.1 Å². The maximum absolute atomic E-state index is 13.6. The lowest BCUT2D eigenvalue weighted by molar-refractivity contribution is 0.0992. The van der Waals surface area contributed by atoms with E-state index >= 15 is 0 Å². The number of nitrogens with one attached hydrogen (secondary N) is 1. The van der Waals surface area contributed by atoms with Crippen LogP contribution in [0.1, 0.15) is 16.3 Å². The zero-order valence-electron chi connectivity index (χ0n) is 12.8. The Balaban J connectivity index is 1.66. The topological polar surface area (TPSA) is 51.5 Å². The number of hydrogen-bond acceptors (Lipinski definition) is 3. The second kappa shape index (κ2) is 7.12. The van der Waals surface area contributed by atoms with Crippen molar-refractivity contribution in [2.75, 3.05) is 5.32 Å². The summed E-state index contributed by atoms with van der Waals surface area (Å²) >= 11 is 0. The van der Waals surface area contributed by atoms with Gasteiger partial charge in [-0.05, 0) is 36.4 Å². The zero-order chi connectivity index (χ0) is 17.8. The van der Waals surface area contributed by atoms with Crippen LogP contribution in [0.25, 0.3) is 0 Å². The molecule has 0 fully saturated rings. The molecule has 25 heavy (non-hydrogen) atoms. The molecule has 4 nitrogen and oxygen atoms in total. The van der Waals surface area contributed by atoms with E-state index in [1.165, 1.54) is 12.1 Å². The number of amides is 1. The number of rotatable bonds is 5. The Labute approximate surface area is 140 Å². The van der Waals surface area contributed by atoms with Crippen LogP contribution in [0.15, 0.2) is 59.0 Å².